The number of carbonyl (C=O) groups is 2. The Morgan fingerprint density at radius 2 is 1.63 bits per heavy atom. The van der Waals surface area contributed by atoms with Crippen molar-refractivity contribution in [3.05, 3.63) is 81.7 Å². The maximum absolute atomic E-state index is 12.7. The maximum atomic E-state index is 12.7. The first-order chi connectivity index (χ1) is 22.0. The van der Waals surface area contributed by atoms with Crippen molar-refractivity contribution in [1.82, 2.24) is 4.72 Å². The lowest BCUT2D eigenvalue weighted by Gasteiger charge is -2.29. The molecule has 0 saturated carbocycles. The standard InChI is InChI=1S/C34H37N3O7S2/c1-5-42-25-11-9-23(10-12-25)7-8-24-19-28-29(21-35)33(45-32(28)34(3,4)20-24)37-30(38)22-44-31(39)17-18-36-46(40,41)27-15-13-26(14-16-27)43-6-2/h7-16,19,36H,5-6,17-18,20,22H2,1-4H3,(H,37,38). The highest BCUT2D eigenvalue weighted by atomic mass is 32.2. The van der Waals surface area contributed by atoms with Gasteiger partial charge in [-0.25, -0.2) is 13.1 Å². The van der Waals surface area contributed by atoms with E-state index in [1.807, 2.05) is 56.3 Å². The third-order valence-electron chi connectivity index (χ3n) is 7.01. The van der Waals surface area contributed by atoms with E-state index in [0.717, 1.165) is 33.7 Å². The molecule has 46 heavy (non-hydrogen) atoms. The summed E-state index contributed by atoms with van der Waals surface area (Å²) in [5.41, 5.74) is 2.90. The second-order valence-electron chi connectivity index (χ2n) is 11.0. The fourth-order valence-electron chi connectivity index (χ4n) is 4.90. The summed E-state index contributed by atoms with van der Waals surface area (Å²) in [6.45, 7) is 8.24. The number of esters is 1. The Hall–Kier alpha value is -4.44. The van der Waals surface area contributed by atoms with Crippen molar-refractivity contribution in [2.45, 2.75) is 50.8 Å². The molecule has 3 aromatic rings. The van der Waals surface area contributed by atoms with E-state index in [0.29, 0.717) is 29.5 Å². The zero-order valence-electron chi connectivity index (χ0n) is 26.2. The Labute approximate surface area is 273 Å². The molecule has 0 fully saturated rings. The van der Waals surface area contributed by atoms with E-state index in [1.165, 1.54) is 23.5 Å². The molecule has 10 nitrogen and oxygen atoms in total. The number of amides is 1. The number of ether oxygens (including phenoxy) is 3. The number of nitrogens with one attached hydrogen (secondary N) is 2. The summed E-state index contributed by atoms with van der Waals surface area (Å²) >= 11 is 1.33. The van der Waals surface area contributed by atoms with Crippen LogP contribution in [0.15, 0.2) is 65.1 Å². The molecule has 12 heteroatoms. The summed E-state index contributed by atoms with van der Waals surface area (Å²) in [6.07, 6.45) is 6.50. The van der Waals surface area contributed by atoms with Crippen LogP contribution in [-0.2, 0) is 29.8 Å². The monoisotopic (exact) mass is 663 g/mol. The van der Waals surface area contributed by atoms with Crippen molar-refractivity contribution in [1.29, 1.82) is 5.26 Å². The van der Waals surface area contributed by atoms with Crippen molar-refractivity contribution in [3.63, 3.8) is 0 Å². The molecule has 0 atom stereocenters. The molecule has 0 aliphatic heterocycles. The fourth-order valence-corrected chi connectivity index (χ4v) is 7.17. The van der Waals surface area contributed by atoms with Gasteiger partial charge in [-0.3, -0.25) is 9.59 Å². The Morgan fingerprint density at radius 3 is 2.24 bits per heavy atom. The van der Waals surface area contributed by atoms with Gasteiger partial charge in [0, 0.05) is 22.4 Å². The van der Waals surface area contributed by atoms with Crippen molar-refractivity contribution >= 4 is 50.4 Å². The molecule has 1 heterocycles. The van der Waals surface area contributed by atoms with Crippen molar-refractivity contribution < 1.29 is 32.2 Å². The molecule has 1 aliphatic carbocycles. The van der Waals surface area contributed by atoms with Gasteiger partial charge in [0.05, 0.1) is 30.1 Å². The van der Waals surface area contributed by atoms with Crippen LogP contribution in [0.3, 0.4) is 0 Å². The van der Waals surface area contributed by atoms with Gasteiger partial charge >= 0.3 is 5.97 Å². The number of nitrogens with zero attached hydrogens (tertiary/aromatic N) is 1. The average molecular weight is 664 g/mol. The molecule has 2 N–H and O–H groups in total. The highest BCUT2D eigenvalue weighted by Gasteiger charge is 2.33. The van der Waals surface area contributed by atoms with E-state index >= 15 is 0 Å². The van der Waals surface area contributed by atoms with Gasteiger partial charge in [-0.1, -0.05) is 38.1 Å². The molecule has 2 aromatic carbocycles. The number of hydrogen-bond acceptors (Lipinski definition) is 9. The van der Waals surface area contributed by atoms with Gasteiger partial charge < -0.3 is 19.5 Å². The highest BCUT2D eigenvalue weighted by molar-refractivity contribution is 7.89. The first-order valence-corrected chi connectivity index (χ1v) is 17.1. The SMILES string of the molecule is CCOc1ccc(C=CC2=Cc3c(sc(NC(=O)COC(=O)CCNS(=O)(=O)c4ccc(OCC)cc4)c3C#N)C(C)(C)C2)cc1. The summed E-state index contributed by atoms with van der Waals surface area (Å²) in [5.74, 6) is 0.0116. The molecule has 0 bridgehead atoms. The van der Waals surface area contributed by atoms with Crippen LogP contribution in [0.5, 0.6) is 11.5 Å². The molecule has 1 aromatic heterocycles. The predicted octanol–water partition coefficient (Wildman–Crippen LogP) is 6.05. The molecule has 0 spiro atoms. The van der Waals surface area contributed by atoms with E-state index < -0.39 is 28.5 Å². The molecular weight excluding hydrogens is 627 g/mol. The van der Waals surface area contributed by atoms with Crippen LogP contribution >= 0.6 is 11.3 Å². The van der Waals surface area contributed by atoms with Gasteiger partial charge in [-0.05, 0) is 73.9 Å². The second kappa shape index (κ2) is 15.2. The maximum Gasteiger partial charge on any atom is 0.307 e. The van der Waals surface area contributed by atoms with E-state index in [9.17, 15) is 23.3 Å². The van der Waals surface area contributed by atoms with Crippen LogP contribution in [0.2, 0.25) is 0 Å². The summed E-state index contributed by atoms with van der Waals surface area (Å²) in [4.78, 5) is 25.9. The van der Waals surface area contributed by atoms with Gasteiger partial charge in [0.25, 0.3) is 5.91 Å². The number of anilines is 1. The van der Waals surface area contributed by atoms with Crippen LogP contribution < -0.4 is 19.5 Å². The van der Waals surface area contributed by atoms with Gasteiger partial charge in [0.2, 0.25) is 10.0 Å². The van der Waals surface area contributed by atoms with E-state index in [4.69, 9.17) is 14.2 Å². The molecule has 242 valence electrons. The van der Waals surface area contributed by atoms with Crippen LogP contribution in [0.4, 0.5) is 5.00 Å². The number of rotatable bonds is 14. The Kier molecular flexibility index (Phi) is 11.4. The predicted molar refractivity (Wildman–Crippen MR) is 178 cm³/mol. The average Bonchev–Trinajstić information content (AvgIpc) is 3.37. The number of hydrogen-bond donors (Lipinski definition) is 2. The smallest absolute Gasteiger partial charge is 0.307 e. The largest absolute Gasteiger partial charge is 0.494 e. The summed E-state index contributed by atoms with van der Waals surface area (Å²) in [5, 5.41) is 13.1. The van der Waals surface area contributed by atoms with Gasteiger partial charge in [-0.15, -0.1) is 11.3 Å². The normalized spacial score (nSPS) is 13.8. The zero-order chi connectivity index (χ0) is 33.3. The van der Waals surface area contributed by atoms with Crippen molar-refractivity contribution in [2.24, 2.45) is 0 Å². The molecule has 0 unspecified atom stereocenters. The topological polar surface area (TPSA) is 144 Å². The molecule has 1 aliphatic rings. The lowest BCUT2D eigenvalue weighted by Crippen LogP contribution is -2.28. The molecular formula is C34H37N3O7S2. The lowest BCUT2D eigenvalue weighted by atomic mass is 9.77. The number of thiophene rings is 1. The van der Waals surface area contributed by atoms with Crippen LogP contribution in [0.1, 0.15) is 62.1 Å². The second-order valence-corrected chi connectivity index (χ2v) is 13.8. The number of benzene rings is 2. The summed E-state index contributed by atoms with van der Waals surface area (Å²) in [6, 6.07) is 15.9. The summed E-state index contributed by atoms with van der Waals surface area (Å²) < 4.78 is 43.2. The van der Waals surface area contributed by atoms with Crippen LogP contribution in [0, 0.1) is 11.3 Å². The summed E-state index contributed by atoms with van der Waals surface area (Å²) in [7, 11) is -3.84. The van der Waals surface area contributed by atoms with Crippen LogP contribution in [-0.4, -0.2) is 46.7 Å². The third kappa shape index (κ3) is 8.84. The number of allylic oxidation sites excluding steroid dienone is 2. The molecule has 4 rings (SSSR count). The first kappa shape index (κ1) is 34.4. The lowest BCUT2D eigenvalue weighted by molar-refractivity contribution is -0.147. The van der Waals surface area contributed by atoms with E-state index in [-0.39, 0.29) is 23.3 Å². The van der Waals surface area contributed by atoms with Gasteiger partial charge in [-0.2, -0.15) is 5.26 Å². The third-order valence-corrected chi connectivity index (χ3v) is 9.98. The zero-order valence-corrected chi connectivity index (χ0v) is 27.8. The Balaban J connectivity index is 1.33. The Morgan fingerprint density at radius 1 is 1.00 bits per heavy atom. The van der Waals surface area contributed by atoms with E-state index in [2.05, 4.69) is 30.0 Å². The van der Waals surface area contributed by atoms with Crippen LogP contribution in [0.25, 0.3) is 12.2 Å². The van der Waals surface area contributed by atoms with E-state index in [1.54, 1.807) is 12.1 Å². The van der Waals surface area contributed by atoms with Crippen molar-refractivity contribution in [2.75, 3.05) is 31.7 Å². The number of nitriles is 1. The molecule has 1 amide bonds. The molecule has 0 saturated heterocycles. The molecule has 0 radical (unpaired) electrons. The number of carbonyl (C=O) groups excluding carboxylic acids is 2. The quantitative estimate of drug-likeness (QED) is 0.199. The number of sulfonamides is 1. The first-order valence-electron chi connectivity index (χ1n) is 14.8. The fraction of sp³-hybridized carbons (Fsp3) is 0.324. The minimum absolute atomic E-state index is 0.0319. The Bertz CT molecular complexity index is 1770. The van der Waals surface area contributed by atoms with Gasteiger partial charge in [0.15, 0.2) is 6.61 Å². The van der Waals surface area contributed by atoms with Crippen molar-refractivity contribution in [3.8, 4) is 17.6 Å². The van der Waals surface area contributed by atoms with Gasteiger partial charge in [0.1, 0.15) is 22.6 Å². The highest BCUT2D eigenvalue weighted by Crippen LogP contribution is 2.47. The minimum atomic E-state index is -3.84. The minimum Gasteiger partial charge on any atom is -0.494 e. The number of fused-ring (bicyclic) bond motifs is 1.